The maximum absolute atomic E-state index is 11.5. The molecule has 3 aromatic carbocycles. The molecule has 0 spiro atoms. The van der Waals surface area contributed by atoms with Gasteiger partial charge in [-0.25, -0.2) is 4.79 Å². The fourth-order valence-corrected chi connectivity index (χ4v) is 2.45. The maximum atomic E-state index is 11.5. The van der Waals surface area contributed by atoms with Crippen LogP contribution in [-0.4, -0.2) is 21.1 Å². The van der Waals surface area contributed by atoms with Gasteiger partial charge in [-0.2, -0.15) is 0 Å². The number of ether oxygens (including phenoxy) is 2. The highest BCUT2D eigenvalue weighted by Gasteiger charge is 2.08. The van der Waals surface area contributed by atoms with Gasteiger partial charge in [-0.1, -0.05) is 29.8 Å². The first kappa shape index (κ1) is 25.0. The summed E-state index contributed by atoms with van der Waals surface area (Å²) in [7, 11) is 0. The highest BCUT2D eigenvalue weighted by Crippen LogP contribution is 2.13. The van der Waals surface area contributed by atoms with Gasteiger partial charge in [-0.05, 0) is 47.9 Å². The number of nitro groups is 2. The highest BCUT2D eigenvalue weighted by atomic mass is 16.7. The molecule has 0 aromatic heterocycles. The van der Waals surface area contributed by atoms with Gasteiger partial charge < -0.3 is 14.6 Å². The van der Waals surface area contributed by atoms with Crippen molar-refractivity contribution in [2.24, 2.45) is 0 Å². The first-order valence-electron chi connectivity index (χ1n) is 9.71. The molecule has 0 radical (unpaired) electrons. The Labute approximate surface area is 189 Å². The topological polar surface area (TPSA) is 142 Å². The molecule has 0 bridgehead atoms. The molecule has 10 heteroatoms. The number of nitrogens with zero attached hydrogens (tertiary/aromatic N) is 2. The van der Waals surface area contributed by atoms with Crippen molar-refractivity contribution < 1.29 is 29.2 Å². The minimum atomic E-state index is -0.779. The normalized spacial score (nSPS) is 9.88. The Kier molecular flexibility index (Phi) is 9.47. The number of non-ortho nitro benzene ring substituents is 2. The van der Waals surface area contributed by atoms with Gasteiger partial charge in [-0.3, -0.25) is 20.2 Å². The summed E-state index contributed by atoms with van der Waals surface area (Å²) in [6.45, 7) is 2.03. The third-order valence-corrected chi connectivity index (χ3v) is 4.31. The lowest BCUT2D eigenvalue weighted by molar-refractivity contribution is -0.385. The zero-order valence-corrected chi connectivity index (χ0v) is 17.7. The molecule has 0 aliphatic heterocycles. The Morgan fingerprint density at radius 3 is 1.45 bits per heavy atom. The molecule has 0 unspecified atom stereocenters. The van der Waals surface area contributed by atoms with Crippen molar-refractivity contribution in [3.63, 3.8) is 0 Å². The van der Waals surface area contributed by atoms with Gasteiger partial charge in [0.05, 0.1) is 16.5 Å². The number of carbonyl (C=O) groups is 1. The van der Waals surface area contributed by atoms with E-state index in [9.17, 15) is 25.0 Å². The quantitative estimate of drug-likeness (QED) is 0.303. The van der Waals surface area contributed by atoms with Gasteiger partial charge in [0.1, 0.15) is 13.2 Å². The highest BCUT2D eigenvalue weighted by molar-refractivity contribution is 5.60. The summed E-state index contributed by atoms with van der Waals surface area (Å²) in [5.74, 6) is 0. The summed E-state index contributed by atoms with van der Waals surface area (Å²) >= 11 is 0. The second-order valence-corrected chi connectivity index (χ2v) is 6.82. The minimum Gasteiger partial charge on any atom is -0.429 e. The van der Waals surface area contributed by atoms with E-state index in [0.29, 0.717) is 11.1 Å². The monoisotopic (exact) mass is 454 g/mol. The van der Waals surface area contributed by atoms with Crippen LogP contribution in [0.4, 0.5) is 16.2 Å². The summed E-state index contributed by atoms with van der Waals surface area (Å²) in [5, 5.41) is 29.3. The SMILES string of the molecule is Cc1ccc(COC(=O)OCc2ccc([N+](=O)[O-])cc2)cc1.O=[N+]([O-])c1ccc(CO)cc1. The number of benzene rings is 3. The molecule has 0 aliphatic rings. The number of aliphatic hydroxyl groups is 1. The van der Waals surface area contributed by atoms with E-state index in [1.807, 2.05) is 31.2 Å². The first-order valence-corrected chi connectivity index (χ1v) is 9.71. The Morgan fingerprint density at radius 2 is 1.09 bits per heavy atom. The number of hydrogen-bond acceptors (Lipinski definition) is 8. The zero-order valence-electron chi connectivity index (χ0n) is 17.7. The Bertz CT molecular complexity index is 1070. The van der Waals surface area contributed by atoms with Gasteiger partial charge in [-0.15, -0.1) is 0 Å². The van der Waals surface area contributed by atoms with Gasteiger partial charge in [0, 0.05) is 24.3 Å². The predicted molar refractivity (Wildman–Crippen MR) is 118 cm³/mol. The summed E-state index contributed by atoms with van der Waals surface area (Å²) in [6.07, 6.45) is -0.779. The van der Waals surface area contributed by atoms with Crippen LogP contribution in [0.5, 0.6) is 0 Å². The maximum Gasteiger partial charge on any atom is 0.508 e. The van der Waals surface area contributed by atoms with Crippen LogP contribution in [0, 0.1) is 27.2 Å². The average molecular weight is 454 g/mol. The Morgan fingerprint density at radius 1 is 0.727 bits per heavy atom. The van der Waals surface area contributed by atoms with E-state index in [-0.39, 0.29) is 31.2 Å². The smallest absolute Gasteiger partial charge is 0.429 e. The molecule has 1 N–H and O–H groups in total. The summed E-state index contributed by atoms with van der Waals surface area (Å²) in [5.41, 5.74) is 3.36. The van der Waals surface area contributed by atoms with Crippen LogP contribution >= 0.6 is 0 Å². The van der Waals surface area contributed by atoms with Gasteiger partial charge in [0.25, 0.3) is 11.4 Å². The van der Waals surface area contributed by atoms with Crippen molar-refractivity contribution in [1.82, 2.24) is 0 Å². The van der Waals surface area contributed by atoms with Crippen molar-refractivity contribution in [2.45, 2.75) is 26.7 Å². The number of rotatable bonds is 7. The van der Waals surface area contributed by atoms with Gasteiger partial charge >= 0.3 is 6.16 Å². The number of aliphatic hydroxyl groups excluding tert-OH is 1. The Balaban J connectivity index is 0.000000294. The lowest BCUT2D eigenvalue weighted by atomic mass is 10.2. The molecule has 0 saturated heterocycles. The van der Waals surface area contributed by atoms with E-state index >= 15 is 0 Å². The minimum absolute atomic E-state index is 0.00469. The first-order chi connectivity index (χ1) is 15.8. The predicted octanol–water partition coefficient (Wildman–Crippen LogP) is 4.84. The van der Waals surface area contributed by atoms with Gasteiger partial charge in [0.15, 0.2) is 0 Å². The van der Waals surface area contributed by atoms with Crippen LogP contribution in [0.3, 0.4) is 0 Å². The molecule has 0 amide bonds. The third kappa shape index (κ3) is 8.75. The molecule has 3 aromatic rings. The third-order valence-electron chi connectivity index (χ3n) is 4.31. The van der Waals surface area contributed by atoms with Crippen LogP contribution in [0.2, 0.25) is 0 Å². The number of nitro benzene ring substituents is 2. The standard InChI is InChI=1S/C16H15NO5.C7H7NO3/c1-12-2-4-13(5-3-12)10-21-16(18)22-11-14-6-8-15(9-7-14)17(19)20;9-5-6-1-3-7(4-2-6)8(10)11/h2-9H,10-11H2,1H3;1-4,9H,5H2. The average Bonchev–Trinajstić information content (AvgIpc) is 2.83. The largest absolute Gasteiger partial charge is 0.508 e. The molecule has 0 fully saturated rings. The van der Waals surface area contributed by atoms with E-state index in [0.717, 1.165) is 11.1 Å². The molecule has 0 saturated carbocycles. The fraction of sp³-hybridized carbons (Fsp3) is 0.174. The van der Waals surface area contributed by atoms with E-state index in [1.165, 1.54) is 48.5 Å². The summed E-state index contributed by atoms with van der Waals surface area (Å²) in [6, 6.07) is 19.2. The number of aryl methyl sites for hydroxylation is 1. The van der Waals surface area contributed by atoms with E-state index in [2.05, 4.69) is 0 Å². The number of hydrogen-bond donors (Lipinski definition) is 1. The second-order valence-electron chi connectivity index (χ2n) is 6.82. The van der Waals surface area contributed by atoms with Crippen LogP contribution in [0.15, 0.2) is 72.8 Å². The van der Waals surface area contributed by atoms with Crippen molar-refractivity contribution in [3.8, 4) is 0 Å². The fourth-order valence-electron chi connectivity index (χ4n) is 2.45. The van der Waals surface area contributed by atoms with Crippen molar-refractivity contribution in [1.29, 1.82) is 0 Å². The molecular weight excluding hydrogens is 432 g/mol. The molecular formula is C23H22N2O8. The molecule has 0 heterocycles. The number of carbonyl (C=O) groups excluding carboxylic acids is 1. The molecule has 10 nitrogen and oxygen atoms in total. The summed E-state index contributed by atoms with van der Waals surface area (Å²) in [4.78, 5) is 31.2. The van der Waals surface area contributed by atoms with Crippen LogP contribution in [-0.2, 0) is 29.3 Å². The molecule has 0 aliphatic carbocycles. The molecule has 3 rings (SSSR count). The zero-order chi connectivity index (χ0) is 24.2. The lowest BCUT2D eigenvalue weighted by Crippen LogP contribution is -2.07. The van der Waals surface area contributed by atoms with Gasteiger partial charge in [0.2, 0.25) is 0 Å². The molecule has 33 heavy (non-hydrogen) atoms. The molecule has 0 atom stereocenters. The van der Waals surface area contributed by atoms with Crippen LogP contribution in [0.25, 0.3) is 0 Å². The molecule has 172 valence electrons. The van der Waals surface area contributed by atoms with E-state index in [1.54, 1.807) is 0 Å². The lowest BCUT2D eigenvalue weighted by Gasteiger charge is -2.06. The van der Waals surface area contributed by atoms with Crippen molar-refractivity contribution >= 4 is 17.5 Å². The van der Waals surface area contributed by atoms with E-state index in [4.69, 9.17) is 14.6 Å². The van der Waals surface area contributed by atoms with Crippen LogP contribution < -0.4 is 0 Å². The van der Waals surface area contributed by atoms with Crippen LogP contribution in [0.1, 0.15) is 22.3 Å². The van der Waals surface area contributed by atoms with Crippen molar-refractivity contribution in [2.75, 3.05) is 0 Å². The van der Waals surface area contributed by atoms with Crippen molar-refractivity contribution in [3.05, 3.63) is 115 Å². The Hall–Kier alpha value is -4.31. The van der Waals surface area contributed by atoms with E-state index < -0.39 is 16.0 Å². The second kappa shape index (κ2) is 12.5. The summed E-state index contributed by atoms with van der Waals surface area (Å²) < 4.78 is 9.93.